The van der Waals surface area contributed by atoms with Gasteiger partial charge in [0.2, 0.25) is 5.91 Å². The normalized spacial score (nSPS) is 11.0. The van der Waals surface area contributed by atoms with Gasteiger partial charge in [-0.1, -0.05) is 24.3 Å². The molecule has 0 aliphatic heterocycles. The maximum Gasteiger partial charge on any atom is 0.387 e. The smallest absolute Gasteiger partial charge is 0.387 e. The van der Waals surface area contributed by atoms with Gasteiger partial charge in [0.05, 0.1) is 0 Å². The average molecular weight is 317 g/mol. The Morgan fingerprint density at radius 1 is 1.13 bits per heavy atom. The summed E-state index contributed by atoms with van der Waals surface area (Å²) in [6.45, 7) is 1.07. The van der Waals surface area contributed by atoms with Gasteiger partial charge in [-0.05, 0) is 54.8 Å². The van der Waals surface area contributed by atoms with Crippen molar-refractivity contribution in [2.75, 3.05) is 5.32 Å². The van der Waals surface area contributed by atoms with Gasteiger partial charge in [0.25, 0.3) is 0 Å². The van der Waals surface area contributed by atoms with Crippen molar-refractivity contribution in [3.8, 4) is 5.75 Å². The van der Waals surface area contributed by atoms with E-state index in [0.29, 0.717) is 5.56 Å². The maximum atomic E-state index is 12.1. The Hall–Kier alpha value is -2.69. The van der Waals surface area contributed by atoms with Gasteiger partial charge in [0, 0.05) is 11.8 Å². The lowest BCUT2D eigenvalue weighted by Crippen LogP contribution is -2.09. The Morgan fingerprint density at radius 3 is 2.48 bits per heavy atom. The average Bonchev–Trinajstić information content (AvgIpc) is 2.51. The summed E-state index contributed by atoms with van der Waals surface area (Å²) in [5, 5.41) is 2.81. The van der Waals surface area contributed by atoms with Crippen LogP contribution in [0.4, 0.5) is 14.5 Å². The Balaban J connectivity index is 1.99. The molecular formula is C18H17F2NO2. The highest BCUT2D eigenvalue weighted by Gasteiger charge is 2.04. The molecule has 0 aromatic heterocycles. The molecule has 23 heavy (non-hydrogen) atoms. The fourth-order valence-electron chi connectivity index (χ4n) is 1.99. The summed E-state index contributed by atoms with van der Waals surface area (Å²) >= 11 is 0. The second-order valence-corrected chi connectivity index (χ2v) is 5.02. The van der Waals surface area contributed by atoms with Gasteiger partial charge in [-0.3, -0.25) is 4.79 Å². The fraction of sp³-hybridized carbons (Fsp3) is 0.167. The fourth-order valence-corrected chi connectivity index (χ4v) is 1.99. The molecule has 120 valence electrons. The number of aryl methyl sites for hydroxylation is 1. The standard InChI is InChI=1S/C18H17F2NO2/c1-12-4-3-5-16(13(12)2)21-17(22)11-8-14-6-9-15(10-7-14)23-18(19)20/h3-11,18H,1-2H3,(H,21,22)/b11-8+. The molecule has 0 spiro atoms. The van der Waals surface area contributed by atoms with E-state index in [2.05, 4.69) is 10.1 Å². The summed E-state index contributed by atoms with van der Waals surface area (Å²) in [4.78, 5) is 11.9. The minimum Gasteiger partial charge on any atom is -0.435 e. The molecular weight excluding hydrogens is 300 g/mol. The largest absolute Gasteiger partial charge is 0.435 e. The van der Waals surface area contributed by atoms with Gasteiger partial charge in [0.15, 0.2) is 0 Å². The third kappa shape index (κ3) is 4.92. The summed E-state index contributed by atoms with van der Waals surface area (Å²) in [5.74, 6) is -0.177. The van der Waals surface area contributed by atoms with Crippen LogP contribution in [-0.4, -0.2) is 12.5 Å². The highest BCUT2D eigenvalue weighted by Crippen LogP contribution is 2.18. The number of carbonyl (C=O) groups excluding carboxylic acids is 1. The third-order valence-electron chi connectivity index (χ3n) is 3.39. The molecule has 0 saturated carbocycles. The van der Waals surface area contributed by atoms with Crippen molar-refractivity contribution in [3.05, 3.63) is 65.2 Å². The maximum absolute atomic E-state index is 12.1. The summed E-state index contributed by atoms with van der Waals surface area (Å²) < 4.78 is 28.4. The molecule has 2 aromatic rings. The van der Waals surface area contributed by atoms with Gasteiger partial charge in [-0.2, -0.15) is 8.78 Å². The zero-order valence-corrected chi connectivity index (χ0v) is 12.8. The number of carbonyl (C=O) groups is 1. The van der Waals surface area contributed by atoms with Crippen LogP contribution in [0.15, 0.2) is 48.5 Å². The number of alkyl halides is 2. The highest BCUT2D eigenvalue weighted by molar-refractivity contribution is 6.02. The first kappa shape index (κ1) is 16.7. The molecule has 0 aliphatic rings. The first-order chi connectivity index (χ1) is 11.0. The van der Waals surface area contributed by atoms with E-state index in [9.17, 15) is 13.6 Å². The number of rotatable bonds is 5. The Bertz CT molecular complexity index is 709. The van der Waals surface area contributed by atoms with Crippen LogP contribution < -0.4 is 10.1 Å². The molecule has 5 heteroatoms. The zero-order valence-electron chi connectivity index (χ0n) is 12.8. The van der Waals surface area contributed by atoms with Crippen molar-refractivity contribution in [1.82, 2.24) is 0 Å². The molecule has 0 aliphatic carbocycles. The molecule has 0 heterocycles. The zero-order chi connectivity index (χ0) is 16.8. The molecule has 0 saturated heterocycles. The van der Waals surface area contributed by atoms with Gasteiger partial charge in [-0.25, -0.2) is 0 Å². The number of amides is 1. The van der Waals surface area contributed by atoms with Crippen LogP contribution in [0.2, 0.25) is 0 Å². The number of nitrogens with one attached hydrogen (secondary N) is 1. The van der Waals surface area contributed by atoms with Crippen LogP contribution in [0.5, 0.6) is 5.75 Å². The molecule has 3 nitrogen and oxygen atoms in total. The highest BCUT2D eigenvalue weighted by atomic mass is 19.3. The predicted molar refractivity (Wildman–Crippen MR) is 86.7 cm³/mol. The van der Waals surface area contributed by atoms with E-state index in [1.807, 2.05) is 32.0 Å². The molecule has 1 N–H and O–H groups in total. The minimum absolute atomic E-state index is 0.0805. The van der Waals surface area contributed by atoms with Gasteiger partial charge < -0.3 is 10.1 Å². The molecule has 0 fully saturated rings. The van der Waals surface area contributed by atoms with Gasteiger partial charge >= 0.3 is 6.61 Å². The molecule has 2 rings (SSSR count). The van der Waals surface area contributed by atoms with E-state index in [1.54, 1.807) is 18.2 Å². The number of hydrogen-bond donors (Lipinski definition) is 1. The lowest BCUT2D eigenvalue weighted by molar-refractivity contribution is -0.111. The SMILES string of the molecule is Cc1cccc(NC(=O)/C=C/c2ccc(OC(F)F)cc2)c1C. The van der Waals surface area contributed by atoms with Crippen LogP contribution in [0.3, 0.4) is 0 Å². The van der Waals surface area contributed by atoms with Crippen molar-refractivity contribution < 1.29 is 18.3 Å². The van der Waals surface area contributed by atoms with E-state index < -0.39 is 6.61 Å². The van der Waals surface area contributed by atoms with Crippen LogP contribution in [0.1, 0.15) is 16.7 Å². The van der Waals surface area contributed by atoms with Gasteiger partial charge in [-0.15, -0.1) is 0 Å². The van der Waals surface area contributed by atoms with Crippen LogP contribution >= 0.6 is 0 Å². The van der Waals surface area contributed by atoms with E-state index in [4.69, 9.17) is 0 Å². The van der Waals surface area contributed by atoms with Crippen molar-refractivity contribution in [3.63, 3.8) is 0 Å². The van der Waals surface area contributed by atoms with Crippen LogP contribution in [0.25, 0.3) is 6.08 Å². The molecule has 0 atom stereocenters. The molecule has 0 radical (unpaired) electrons. The summed E-state index contributed by atoms with van der Waals surface area (Å²) in [7, 11) is 0. The van der Waals surface area contributed by atoms with E-state index in [0.717, 1.165) is 16.8 Å². The number of ether oxygens (including phenoxy) is 1. The number of anilines is 1. The first-order valence-electron chi connectivity index (χ1n) is 7.06. The van der Waals surface area contributed by atoms with Crippen molar-refractivity contribution in [2.24, 2.45) is 0 Å². The topological polar surface area (TPSA) is 38.3 Å². The lowest BCUT2D eigenvalue weighted by Gasteiger charge is -2.08. The first-order valence-corrected chi connectivity index (χ1v) is 7.06. The summed E-state index contributed by atoms with van der Waals surface area (Å²) in [6.07, 6.45) is 3.00. The summed E-state index contributed by atoms with van der Waals surface area (Å²) in [6, 6.07) is 11.7. The third-order valence-corrected chi connectivity index (χ3v) is 3.39. The van der Waals surface area contributed by atoms with Crippen molar-refractivity contribution >= 4 is 17.7 Å². The van der Waals surface area contributed by atoms with Crippen molar-refractivity contribution in [2.45, 2.75) is 20.5 Å². The van der Waals surface area contributed by atoms with Crippen molar-refractivity contribution in [1.29, 1.82) is 0 Å². The molecule has 0 unspecified atom stereocenters. The quantitative estimate of drug-likeness (QED) is 0.821. The van der Waals surface area contributed by atoms with E-state index >= 15 is 0 Å². The number of hydrogen-bond acceptors (Lipinski definition) is 2. The second-order valence-electron chi connectivity index (χ2n) is 5.02. The molecule has 2 aromatic carbocycles. The predicted octanol–water partition coefficient (Wildman–Crippen LogP) is 4.56. The minimum atomic E-state index is -2.85. The lowest BCUT2D eigenvalue weighted by atomic mass is 10.1. The Morgan fingerprint density at radius 2 is 1.83 bits per heavy atom. The van der Waals surface area contributed by atoms with E-state index in [-0.39, 0.29) is 11.7 Å². The molecule has 1 amide bonds. The van der Waals surface area contributed by atoms with Crippen LogP contribution in [0, 0.1) is 13.8 Å². The summed E-state index contributed by atoms with van der Waals surface area (Å²) in [5.41, 5.74) is 3.59. The second kappa shape index (κ2) is 7.54. The number of halogens is 2. The van der Waals surface area contributed by atoms with E-state index in [1.165, 1.54) is 18.2 Å². The molecule has 0 bridgehead atoms. The Kier molecular flexibility index (Phi) is 5.46. The Labute approximate surface area is 133 Å². The van der Waals surface area contributed by atoms with Gasteiger partial charge in [0.1, 0.15) is 5.75 Å². The van der Waals surface area contributed by atoms with Crippen LogP contribution in [-0.2, 0) is 4.79 Å². The number of benzene rings is 2. The monoisotopic (exact) mass is 317 g/mol.